The van der Waals surface area contributed by atoms with Gasteiger partial charge in [0.15, 0.2) is 17.2 Å². The molecule has 2 aromatic carbocycles. The van der Waals surface area contributed by atoms with Crippen molar-refractivity contribution in [1.82, 2.24) is 0 Å². The number of hydrogen-bond donors (Lipinski definition) is 0. The van der Waals surface area contributed by atoms with Gasteiger partial charge in [0.05, 0.1) is 24.8 Å². The minimum Gasteiger partial charge on any atom is -0.493 e. The van der Waals surface area contributed by atoms with Crippen molar-refractivity contribution in [3.8, 4) is 11.5 Å². The maximum atomic E-state index is 12.1. The van der Waals surface area contributed by atoms with E-state index in [4.69, 9.17) is 37.4 Å². The summed E-state index contributed by atoms with van der Waals surface area (Å²) >= 11 is 12.0. The van der Waals surface area contributed by atoms with Crippen LogP contribution in [0.25, 0.3) is 6.08 Å². The molecular formula is C18H13Cl2NO4. The predicted octanol–water partition coefficient (Wildman–Crippen LogP) is 4.36. The topological polar surface area (TPSA) is 57.1 Å². The number of carbonyl (C=O) groups is 1. The maximum absolute atomic E-state index is 12.1. The molecule has 1 heterocycles. The van der Waals surface area contributed by atoms with Gasteiger partial charge in [-0.15, -0.1) is 0 Å². The molecule has 128 valence electrons. The molecule has 3 rings (SSSR count). The molecule has 0 N–H and O–H groups in total. The lowest BCUT2D eigenvalue weighted by Gasteiger charge is -2.07. The summed E-state index contributed by atoms with van der Waals surface area (Å²) in [6.07, 6.45) is 1.60. The monoisotopic (exact) mass is 377 g/mol. The van der Waals surface area contributed by atoms with Crippen LogP contribution >= 0.6 is 23.2 Å². The van der Waals surface area contributed by atoms with E-state index in [1.54, 1.807) is 49.6 Å². The van der Waals surface area contributed by atoms with E-state index in [9.17, 15) is 4.79 Å². The van der Waals surface area contributed by atoms with Crippen molar-refractivity contribution in [2.45, 2.75) is 0 Å². The van der Waals surface area contributed by atoms with Gasteiger partial charge in [0.25, 0.3) is 0 Å². The van der Waals surface area contributed by atoms with E-state index in [1.165, 1.54) is 7.11 Å². The standard InChI is InChI=1S/C18H13Cl2NO4/c1-23-15-6-3-10(8-16(15)24-2)7-14-18(22)25-17(21-14)12-5-4-11(19)9-13(12)20/h3-9H,1-2H3/b14-7-. The molecule has 0 fully saturated rings. The Morgan fingerprint density at radius 3 is 2.48 bits per heavy atom. The van der Waals surface area contributed by atoms with E-state index in [0.717, 1.165) is 5.56 Å². The highest BCUT2D eigenvalue weighted by molar-refractivity contribution is 6.37. The first-order valence-corrected chi connectivity index (χ1v) is 7.97. The molecule has 1 aliphatic heterocycles. The number of esters is 1. The lowest BCUT2D eigenvalue weighted by molar-refractivity contribution is -0.129. The van der Waals surface area contributed by atoms with Gasteiger partial charge in [-0.1, -0.05) is 29.3 Å². The molecule has 0 unspecified atom stereocenters. The first kappa shape index (κ1) is 17.3. The summed E-state index contributed by atoms with van der Waals surface area (Å²) < 4.78 is 15.7. The first-order chi connectivity index (χ1) is 12.0. The Morgan fingerprint density at radius 2 is 1.80 bits per heavy atom. The van der Waals surface area contributed by atoms with Crippen LogP contribution in [0.15, 0.2) is 47.1 Å². The number of benzene rings is 2. The van der Waals surface area contributed by atoms with Crippen molar-refractivity contribution >= 4 is 41.1 Å². The Labute approximate surface area is 154 Å². The number of ether oxygens (including phenoxy) is 3. The fraction of sp³-hybridized carbons (Fsp3) is 0.111. The van der Waals surface area contributed by atoms with Crippen LogP contribution in [0.2, 0.25) is 10.0 Å². The number of rotatable bonds is 4. The highest BCUT2D eigenvalue weighted by Gasteiger charge is 2.25. The Bertz CT molecular complexity index is 906. The Morgan fingerprint density at radius 1 is 1.04 bits per heavy atom. The molecule has 0 atom stereocenters. The fourth-order valence-electron chi connectivity index (χ4n) is 2.29. The van der Waals surface area contributed by atoms with Crippen LogP contribution < -0.4 is 9.47 Å². The summed E-state index contributed by atoms with van der Waals surface area (Å²) in [4.78, 5) is 16.3. The molecule has 2 aromatic rings. The van der Waals surface area contributed by atoms with Crippen LogP contribution in [-0.2, 0) is 9.53 Å². The summed E-state index contributed by atoms with van der Waals surface area (Å²) in [5.74, 6) is 0.721. The quantitative estimate of drug-likeness (QED) is 0.586. The summed E-state index contributed by atoms with van der Waals surface area (Å²) in [6.45, 7) is 0. The van der Waals surface area contributed by atoms with Gasteiger partial charge in [-0.05, 0) is 42.0 Å². The van der Waals surface area contributed by atoms with Gasteiger partial charge < -0.3 is 14.2 Å². The maximum Gasteiger partial charge on any atom is 0.363 e. The van der Waals surface area contributed by atoms with E-state index in [2.05, 4.69) is 4.99 Å². The minimum absolute atomic E-state index is 0.137. The van der Waals surface area contributed by atoms with Crippen molar-refractivity contribution in [3.63, 3.8) is 0 Å². The zero-order valence-corrected chi connectivity index (χ0v) is 14.9. The molecule has 7 heteroatoms. The number of nitrogens with zero attached hydrogens (tertiary/aromatic N) is 1. The van der Waals surface area contributed by atoms with Gasteiger partial charge in [-0.25, -0.2) is 9.79 Å². The molecule has 0 aromatic heterocycles. The Kier molecular flexibility index (Phi) is 4.97. The predicted molar refractivity (Wildman–Crippen MR) is 96.6 cm³/mol. The van der Waals surface area contributed by atoms with E-state index < -0.39 is 5.97 Å². The summed E-state index contributed by atoms with van der Waals surface area (Å²) in [5.41, 5.74) is 1.38. The second-order valence-corrected chi connectivity index (χ2v) is 5.92. The average molecular weight is 378 g/mol. The SMILES string of the molecule is COc1ccc(/C=C2\N=C(c3ccc(Cl)cc3Cl)OC2=O)cc1OC. The van der Waals surface area contributed by atoms with Crippen LogP contribution in [0.5, 0.6) is 11.5 Å². The molecule has 25 heavy (non-hydrogen) atoms. The lowest BCUT2D eigenvalue weighted by Crippen LogP contribution is -2.05. The number of carbonyl (C=O) groups excluding carboxylic acids is 1. The smallest absolute Gasteiger partial charge is 0.363 e. The highest BCUT2D eigenvalue weighted by atomic mass is 35.5. The summed E-state index contributed by atoms with van der Waals surface area (Å²) in [6, 6.07) is 10.1. The van der Waals surface area contributed by atoms with Gasteiger partial charge in [-0.2, -0.15) is 0 Å². The number of methoxy groups -OCH3 is 2. The molecule has 0 saturated carbocycles. The van der Waals surface area contributed by atoms with Crippen molar-refractivity contribution in [3.05, 3.63) is 63.3 Å². The highest BCUT2D eigenvalue weighted by Crippen LogP contribution is 2.30. The molecular weight excluding hydrogens is 365 g/mol. The van der Waals surface area contributed by atoms with Gasteiger partial charge >= 0.3 is 5.97 Å². The third-order valence-corrected chi connectivity index (χ3v) is 4.04. The van der Waals surface area contributed by atoms with Crippen molar-refractivity contribution in [2.75, 3.05) is 14.2 Å². The fourth-order valence-corrected chi connectivity index (χ4v) is 2.78. The molecule has 0 saturated heterocycles. The van der Waals surface area contributed by atoms with Crippen molar-refractivity contribution in [1.29, 1.82) is 0 Å². The largest absolute Gasteiger partial charge is 0.493 e. The average Bonchev–Trinajstić information content (AvgIpc) is 2.95. The van der Waals surface area contributed by atoms with Crippen LogP contribution in [0, 0.1) is 0 Å². The van der Waals surface area contributed by atoms with Gasteiger partial charge in [-0.3, -0.25) is 0 Å². The molecule has 0 aliphatic carbocycles. The van der Waals surface area contributed by atoms with Gasteiger partial charge in [0.1, 0.15) is 0 Å². The van der Waals surface area contributed by atoms with Gasteiger partial charge in [0, 0.05) is 5.02 Å². The minimum atomic E-state index is -0.559. The number of hydrogen-bond acceptors (Lipinski definition) is 5. The van der Waals surface area contributed by atoms with E-state index in [-0.39, 0.29) is 11.6 Å². The van der Waals surface area contributed by atoms with Crippen molar-refractivity contribution in [2.24, 2.45) is 4.99 Å². The molecule has 0 radical (unpaired) electrons. The van der Waals surface area contributed by atoms with Crippen LogP contribution in [-0.4, -0.2) is 26.1 Å². The van der Waals surface area contributed by atoms with Gasteiger partial charge in [0.2, 0.25) is 5.90 Å². The third-order valence-electron chi connectivity index (χ3n) is 3.49. The second-order valence-electron chi connectivity index (χ2n) is 5.07. The third kappa shape index (κ3) is 3.62. The number of cyclic esters (lactones) is 1. The summed E-state index contributed by atoms with van der Waals surface area (Å²) in [5, 5.41) is 0.839. The van der Waals surface area contributed by atoms with Crippen LogP contribution in [0.4, 0.5) is 0 Å². The Balaban J connectivity index is 1.96. The molecule has 0 amide bonds. The Hall–Kier alpha value is -2.50. The van der Waals surface area contributed by atoms with Crippen LogP contribution in [0.1, 0.15) is 11.1 Å². The normalized spacial score (nSPS) is 15.1. The zero-order chi connectivity index (χ0) is 18.0. The molecule has 0 bridgehead atoms. The molecule has 5 nitrogen and oxygen atoms in total. The zero-order valence-electron chi connectivity index (χ0n) is 13.4. The molecule has 1 aliphatic rings. The first-order valence-electron chi connectivity index (χ1n) is 7.22. The van der Waals surface area contributed by atoms with Crippen LogP contribution in [0.3, 0.4) is 0 Å². The lowest BCUT2D eigenvalue weighted by atomic mass is 10.1. The number of aliphatic imine (C=N–C) groups is 1. The van der Waals surface area contributed by atoms with Crippen molar-refractivity contribution < 1.29 is 19.0 Å². The number of halogens is 2. The van der Waals surface area contributed by atoms with E-state index >= 15 is 0 Å². The van der Waals surface area contributed by atoms with E-state index in [1.807, 2.05) is 0 Å². The van der Waals surface area contributed by atoms with E-state index in [0.29, 0.717) is 27.1 Å². The molecule has 0 spiro atoms. The second kappa shape index (κ2) is 7.17. The summed E-state index contributed by atoms with van der Waals surface area (Å²) in [7, 11) is 3.09.